The van der Waals surface area contributed by atoms with Gasteiger partial charge in [0, 0.05) is 92.9 Å². The van der Waals surface area contributed by atoms with E-state index in [1.807, 2.05) is 11.0 Å². The topological polar surface area (TPSA) is 112 Å². The van der Waals surface area contributed by atoms with Crippen molar-refractivity contribution in [3.05, 3.63) is 59.7 Å². The van der Waals surface area contributed by atoms with Crippen molar-refractivity contribution in [2.24, 2.45) is 11.8 Å². The van der Waals surface area contributed by atoms with Crippen LogP contribution in [-0.2, 0) is 26.6 Å². The highest BCUT2D eigenvalue weighted by molar-refractivity contribution is 7.85. The molecular formula is C46H70Cl2F3N7O3S. The largest absolute Gasteiger partial charge is 0.416 e. The number of halogens is 5. The fourth-order valence-electron chi connectivity index (χ4n) is 9.14. The second-order valence-electron chi connectivity index (χ2n) is 17.7. The Morgan fingerprint density at radius 1 is 0.726 bits per heavy atom. The van der Waals surface area contributed by atoms with Gasteiger partial charge in [-0.1, -0.05) is 32.0 Å². The number of amides is 2. The first-order chi connectivity index (χ1) is 28.7. The first-order valence-corrected chi connectivity index (χ1v) is 24.0. The number of alkyl halides is 3. The SMILES string of the molecule is CC(C)c1cccc(N2CCN(CCC3CCC(NC(=O)CC#N)CC3)CC2)c1.CS(=O)CC(=O)NC1CCC(CCN2CCN(c3cccc(C(F)(F)F)c3)CC2)CC1.Cl.Cl. The van der Waals surface area contributed by atoms with Gasteiger partial charge < -0.3 is 20.4 Å². The minimum Gasteiger partial charge on any atom is -0.369 e. The second kappa shape index (κ2) is 26.6. The van der Waals surface area contributed by atoms with Gasteiger partial charge in [-0.05, 0) is 131 Å². The molecule has 0 bridgehead atoms. The van der Waals surface area contributed by atoms with Gasteiger partial charge in [0.1, 0.15) is 12.2 Å². The molecule has 2 aromatic carbocycles. The van der Waals surface area contributed by atoms with Gasteiger partial charge in [0.15, 0.2) is 0 Å². The fourth-order valence-corrected chi connectivity index (χ4v) is 9.60. The Kier molecular flexibility index (Phi) is 22.9. The van der Waals surface area contributed by atoms with Gasteiger partial charge >= 0.3 is 6.18 Å². The van der Waals surface area contributed by atoms with Gasteiger partial charge in [-0.3, -0.25) is 23.6 Å². The number of nitriles is 1. The zero-order chi connectivity index (χ0) is 43.1. The zero-order valence-electron chi connectivity index (χ0n) is 36.9. The van der Waals surface area contributed by atoms with Gasteiger partial charge in [0.25, 0.3) is 0 Å². The van der Waals surface area contributed by atoms with E-state index in [-0.39, 0.29) is 60.9 Å². The molecule has 2 saturated carbocycles. The number of rotatable bonds is 14. The number of nitrogens with zero attached hydrogens (tertiary/aromatic N) is 5. The Labute approximate surface area is 383 Å². The van der Waals surface area contributed by atoms with Crippen LogP contribution in [0.25, 0.3) is 0 Å². The fraction of sp³-hybridized carbons (Fsp3) is 0.674. The quantitative estimate of drug-likeness (QED) is 0.196. The predicted molar refractivity (Wildman–Crippen MR) is 250 cm³/mol. The van der Waals surface area contributed by atoms with Gasteiger partial charge in [-0.25, -0.2) is 0 Å². The molecule has 2 N–H and O–H groups in total. The number of nitrogens with one attached hydrogen (secondary N) is 2. The van der Waals surface area contributed by atoms with Crippen LogP contribution in [0.5, 0.6) is 0 Å². The predicted octanol–water partition coefficient (Wildman–Crippen LogP) is 8.03. The van der Waals surface area contributed by atoms with Crippen LogP contribution in [-0.4, -0.2) is 115 Å². The summed E-state index contributed by atoms with van der Waals surface area (Å²) in [7, 11) is -1.10. The van der Waals surface area contributed by atoms with Crippen molar-refractivity contribution in [2.45, 2.75) is 109 Å². The minimum absolute atomic E-state index is 0. The lowest BCUT2D eigenvalue weighted by atomic mass is 9.84. The van der Waals surface area contributed by atoms with E-state index in [1.165, 1.54) is 55.4 Å². The molecular weight excluding hydrogens is 859 g/mol. The molecule has 16 heteroatoms. The van der Waals surface area contributed by atoms with E-state index >= 15 is 0 Å². The minimum atomic E-state index is -4.31. The monoisotopic (exact) mass is 927 g/mol. The van der Waals surface area contributed by atoms with E-state index in [2.05, 4.69) is 63.4 Å². The second-order valence-corrected chi connectivity index (χ2v) is 19.1. The molecule has 0 aromatic heterocycles. The van der Waals surface area contributed by atoms with Crippen molar-refractivity contribution < 1.29 is 27.0 Å². The molecule has 0 spiro atoms. The number of benzene rings is 2. The Bertz CT molecular complexity index is 1720. The van der Waals surface area contributed by atoms with Crippen LogP contribution in [0.2, 0.25) is 0 Å². The van der Waals surface area contributed by atoms with E-state index in [0.29, 0.717) is 17.5 Å². The molecule has 1 unspecified atom stereocenters. The first-order valence-electron chi connectivity index (χ1n) is 22.2. The third kappa shape index (κ3) is 17.8. The van der Waals surface area contributed by atoms with Crippen LogP contribution in [0.1, 0.15) is 102 Å². The average molecular weight is 929 g/mol. The van der Waals surface area contributed by atoms with Gasteiger partial charge in [0.05, 0.1) is 11.6 Å². The van der Waals surface area contributed by atoms with Crippen molar-refractivity contribution in [1.82, 2.24) is 20.4 Å². The lowest BCUT2D eigenvalue weighted by Gasteiger charge is -2.37. The lowest BCUT2D eigenvalue weighted by Crippen LogP contribution is -2.47. The van der Waals surface area contributed by atoms with E-state index < -0.39 is 22.5 Å². The van der Waals surface area contributed by atoms with Crippen LogP contribution in [0, 0.1) is 23.2 Å². The van der Waals surface area contributed by atoms with Crippen molar-refractivity contribution in [1.29, 1.82) is 5.26 Å². The standard InChI is InChI=1S/C24H36N4O.C22H32F3N3O2S.2ClH/c1-19(2)21-4-3-5-23(18-21)28-16-14-27(15-17-28)13-11-20-6-8-22(9-7-20)26-24(29)10-12-25;1-31(30)16-21(29)26-19-7-5-17(6-8-19)9-10-27-11-13-28(14-12-27)20-4-2-3-18(15-20)22(23,24)25;;/h3-5,18-20,22H,6-11,13-17H2,1-2H3,(H,26,29);2-4,15,17,19H,5-14,16H2,1H3,(H,26,29);2*1H. The maximum absolute atomic E-state index is 13.0. The van der Waals surface area contributed by atoms with Crippen molar-refractivity contribution in [2.75, 3.05) is 87.3 Å². The lowest BCUT2D eigenvalue weighted by molar-refractivity contribution is -0.137. The van der Waals surface area contributed by atoms with Crippen LogP contribution >= 0.6 is 24.8 Å². The number of carbonyl (C=O) groups is 2. The summed E-state index contributed by atoms with van der Waals surface area (Å²) in [4.78, 5) is 32.9. The average Bonchev–Trinajstić information content (AvgIpc) is 3.23. The van der Waals surface area contributed by atoms with Crippen LogP contribution in [0.15, 0.2) is 48.5 Å². The Morgan fingerprint density at radius 3 is 1.61 bits per heavy atom. The maximum atomic E-state index is 13.0. The highest BCUT2D eigenvalue weighted by Gasteiger charge is 2.31. The summed E-state index contributed by atoms with van der Waals surface area (Å²) in [5.74, 6) is 1.84. The third-order valence-corrected chi connectivity index (χ3v) is 13.6. The number of hydrogen-bond donors (Lipinski definition) is 2. The van der Waals surface area contributed by atoms with Crippen molar-refractivity contribution >= 4 is 58.8 Å². The van der Waals surface area contributed by atoms with E-state index in [4.69, 9.17) is 5.26 Å². The smallest absolute Gasteiger partial charge is 0.369 e. The molecule has 1 atom stereocenters. The maximum Gasteiger partial charge on any atom is 0.416 e. The van der Waals surface area contributed by atoms with Crippen molar-refractivity contribution in [3.63, 3.8) is 0 Å². The summed E-state index contributed by atoms with van der Waals surface area (Å²) in [5, 5.41) is 14.6. The Balaban J connectivity index is 0.000000321. The summed E-state index contributed by atoms with van der Waals surface area (Å²) >= 11 is 0. The molecule has 4 fully saturated rings. The van der Waals surface area contributed by atoms with E-state index in [0.717, 1.165) is 116 Å². The highest BCUT2D eigenvalue weighted by Crippen LogP contribution is 2.33. The highest BCUT2D eigenvalue weighted by atomic mass is 35.5. The number of piperazine rings is 2. The summed E-state index contributed by atoms with van der Waals surface area (Å²) in [6.45, 7) is 14.4. The molecule has 348 valence electrons. The van der Waals surface area contributed by atoms with Gasteiger partial charge in [-0.15, -0.1) is 24.8 Å². The summed E-state index contributed by atoms with van der Waals surface area (Å²) in [6, 6.07) is 17.0. The first kappa shape index (κ1) is 53.2. The van der Waals surface area contributed by atoms with E-state index in [1.54, 1.807) is 6.07 Å². The van der Waals surface area contributed by atoms with Crippen LogP contribution < -0.4 is 20.4 Å². The molecule has 0 radical (unpaired) electrons. The molecule has 4 aliphatic rings. The molecule has 10 nitrogen and oxygen atoms in total. The number of anilines is 2. The number of hydrogen-bond acceptors (Lipinski definition) is 8. The third-order valence-electron chi connectivity index (χ3n) is 12.9. The Morgan fingerprint density at radius 2 is 1.18 bits per heavy atom. The zero-order valence-corrected chi connectivity index (χ0v) is 39.3. The molecule has 2 aromatic rings. The number of carbonyl (C=O) groups excluding carboxylic acids is 2. The molecule has 62 heavy (non-hydrogen) atoms. The Hall–Kier alpha value is -3.09. The van der Waals surface area contributed by atoms with Crippen LogP contribution in [0.4, 0.5) is 24.5 Å². The van der Waals surface area contributed by atoms with E-state index in [9.17, 15) is 27.0 Å². The summed E-state index contributed by atoms with van der Waals surface area (Å²) < 4.78 is 50.0. The molecule has 2 amide bonds. The van der Waals surface area contributed by atoms with Gasteiger partial charge in [-0.2, -0.15) is 18.4 Å². The van der Waals surface area contributed by atoms with Gasteiger partial charge in [0.2, 0.25) is 11.8 Å². The molecule has 2 saturated heterocycles. The summed E-state index contributed by atoms with van der Waals surface area (Å²) in [6.07, 6.45) is 8.20. The molecule has 2 heterocycles. The normalized spacial score (nSPS) is 22.8. The molecule has 2 aliphatic heterocycles. The van der Waals surface area contributed by atoms with Crippen LogP contribution in [0.3, 0.4) is 0 Å². The summed E-state index contributed by atoms with van der Waals surface area (Å²) in [5.41, 5.74) is 2.83. The van der Waals surface area contributed by atoms with Crippen molar-refractivity contribution in [3.8, 4) is 6.07 Å². The molecule has 6 rings (SSSR count). The molecule has 2 aliphatic carbocycles.